The van der Waals surface area contributed by atoms with Crippen LogP contribution in [0.3, 0.4) is 0 Å². The number of benzene rings is 1. The number of esters is 1. The summed E-state index contributed by atoms with van der Waals surface area (Å²) in [6.45, 7) is 0. The monoisotopic (exact) mass is 312 g/mol. The fourth-order valence-electron chi connectivity index (χ4n) is 2.18. The van der Waals surface area contributed by atoms with E-state index in [2.05, 4.69) is 4.74 Å². The molecule has 1 aliphatic rings. The number of methoxy groups -OCH3 is 2. The lowest BCUT2D eigenvalue weighted by atomic mass is 10.1. The summed E-state index contributed by atoms with van der Waals surface area (Å²) in [5.41, 5.74) is 0.433. The largest absolute Gasteiger partial charge is 0.493 e. The quantitative estimate of drug-likeness (QED) is 0.841. The predicted molar refractivity (Wildman–Crippen MR) is 80.9 cm³/mol. The van der Waals surface area contributed by atoms with Crippen molar-refractivity contribution in [1.29, 1.82) is 0 Å². The van der Waals surface area contributed by atoms with Crippen LogP contribution in [-0.2, 0) is 9.53 Å². The Balaban J connectivity index is 2.18. The zero-order valence-corrected chi connectivity index (χ0v) is 13.0. The van der Waals surface area contributed by atoms with E-state index in [1.54, 1.807) is 25.3 Å². The molecule has 0 amide bonds. The highest BCUT2D eigenvalue weighted by Crippen LogP contribution is 2.33. The first-order chi connectivity index (χ1) is 10.2. The van der Waals surface area contributed by atoms with Gasteiger partial charge < -0.3 is 19.3 Å². The number of rotatable bonds is 5. The van der Waals surface area contributed by atoms with Gasteiger partial charge in [-0.15, -0.1) is 0 Å². The van der Waals surface area contributed by atoms with Crippen LogP contribution in [0, 0.1) is 0 Å². The summed E-state index contributed by atoms with van der Waals surface area (Å²) in [5, 5.41) is 9.91. The third-order valence-electron chi connectivity index (χ3n) is 3.39. The Morgan fingerprint density at radius 1 is 1.29 bits per heavy atom. The molecule has 6 heteroatoms. The van der Waals surface area contributed by atoms with Crippen molar-refractivity contribution in [3.63, 3.8) is 0 Å². The third kappa shape index (κ3) is 4.04. The lowest BCUT2D eigenvalue weighted by molar-refractivity contribution is -0.150. The van der Waals surface area contributed by atoms with Crippen LogP contribution in [0.2, 0.25) is 0 Å². The summed E-state index contributed by atoms with van der Waals surface area (Å²) >= 11 is 1.92. The first kappa shape index (κ1) is 16.0. The lowest BCUT2D eigenvalue weighted by Crippen LogP contribution is -2.22. The topological polar surface area (TPSA) is 65.0 Å². The Hall–Kier alpha value is -1.40. The van der Waals surface area contributed by atoms with E-state index in [0.29, 0.717) is 17.1 Å². The maximum atomic E-state index is 11.4. The zero-order valence-electron chi connectivity index (χ0n) is 12.2. The maximum Gasteiger partial charge on any atom is 0.339 e. The Labute approximate surface area is 128 Å². The molecule has 1 aliphatic heterocycles. The minimum absolute atomic E-state index is 0.144. The van der Waals surface area contributed by atoms with Crippen LogP contribution in [0.25, 0.3) is 0 Å². The molecule has 0 saturated carbocycles. The fourth-order valence-corrected chi connectivity index (χ4v) is 3.24. The van der Waals surface area contributed by atoms with Gasteiger partial charge in [0, 0.05) is 0 Å². The second-order valence-electron chi connectivity index (χ2n) is 4.77. The van der Waals surface area contributed by atoms with E-state index >= 15 is 0 Å². The molecule has 2 rings (SSSR count). The number of aliphatic hydroxyl groups excluding tert-OH is 1. The average molecular weight is 312 g/mol. The zero-order chi connectivity index (χ0) is 15.2. The number of thioether (sulfide) groups is 1. The van der Waals surface area contributed by atoms with E-state index in [4.69, 9.17) is 9.47 Å². The average Bonchev–Trinajstić information content (AvgIpc) is 2.54. The fraction of sp³-hybridized carbons (Fsp3) is 0.533. The van der Waals surface area contributed by atoms with Crippen molar-refractivity contribution < 1.29 is 24.1 Å². The summed E-state index contributed by atoms with van der Waals surface area (Å²) < 4.78 is 15.8. The Bertz CT molecular complexity index is 485. The number of hydrogen-bond acceptors (Lipinski definition) is 6. The number of ether oxygens (including phenoxy) is 3. The summed E-state index contributed by atoms with van der Waals surface area (Å²) in [6.07, 6.45) is 0.797. The lowest BCUT2D eigenvalue weighted by Gasteiger charge is -2.24. The van der Waals surface area contributed by atoms with Crippen molar-refractivity contribution in [2.24, 2.45) is 0 Å². The van der Waals surface area contributed by atoms with Gasteiger partial charge in [0.25, 0.3) is 0 Å². The van der Waals surface area contributed by atoms with Crippen molar-refractivity contribution in [3.05, 3.63) is 23.8 Å². The molecule has 0 radical (unpaired) electrons. The van der Waals surface area contributed by atoms with E-state index in [1.165, 1.54) is 7.11 Å². The van der Waals surface area contributed by atoms with Crippen LogP contribution in [0.5, 0.6) is 11.5 Å². The van der Waals surface area contributed by atoms with Crippen molar-refractivity contribution in [1.82, 2.24) is 0 Å². The van der Waals surface area contributed by atoms with E-state index in [9.17, 15) is 9.90 Å². The molecule has 1 aromatic carbocycles. The van der Waals surface area contributed by atoms with Gasteiger partial charge in [-0.3, -0.25) is 0 Å². The summed E-state index contributed by atoms with van der Waals surface area (Å²) in [6, 6.07) is 4.96. The molecule has 1 fully saturated rings. The molecule has 5 nitrogen and oxygen atoms in total. The molecule has 1 N–H and O–H groups in total. The molecule has 21 heavy (non-hydrogen) atoms. The molecular weight excluding hydrogens is 292 g/mol. The van der Waals surface area contributed by atoms with Gasteiger partial charge in [0.05, 0.1) is 14.2 Å². The van der Waals surface area contributed by atoms with Crippen molar-refractivity contribution in [3.8, 4) is 11.5 Å². The number of carbonyl (C=O) groups is 1. The maximum absolute atomic E-state index is 11.4. The van der Waals surface area contributed by atoms with Gasteiger partial charge in [0.15, 0.2) is 17.6 Å². The molecule has 0 aromatic heterocycles. The smallest absolute Gasteiger partial charge is 0.339 e. The highest BCUT2D eigenvalue weighted by atomic mass is 32.2. The highest BCUT2D eigenvalue weighted by Gasteiger charge is 2.22. The summed E-state index contributed by atoms with van der Waals surface area (Å²) in [7, 11) is 2.81. The van der Waals surface area contributed by atoms with E-state index < -0.39 is 12.1 Å². The van der Waals surface area contributed by atoms with Crippen LogP contribution in [0.4, 0.5) is 0 Å². The molecule has 0 aliphatic carbocycles. The van der Waals surface area contributed by atoms with Crippen LogP contribution >= 0.6 is 11.8 Å². The van der Waals surface area contributed by atoms with E-state index in [-0.39, 0.29) is 6.10 Å². The Morgan fingerprint density at radius 2 is 2.00 bits per heavy atom. The molecular formula is C15H20O5S. The first-order valence-corrected chi connectivity index (χ1v) is 7.99. The van der Waals surface area contributed by atoms with Gasteiger partial charge in [-0.2, -0.15) is 11.8 Å². The third-order valence-corrected chi connectivity index (χ3v) is 4.44. The van der Waals surface area contributed by atoms with Crippen LogP contribution in [0.15, 0.2) is 18.2 Å². The SMILES string of the molecule is COC(=O)C(O)c1ccc(OC)c(OC2CCSCC2)c1. The molecule has 1 unspecified atom stereocenters. The van der Waals surface area contributed by atoms with Crippen LogP contribution < -0.4 is 9.47 Å². The van der Waals surface area contributed by atoms with Crippen molar-refractivity contribution in [2.75, 3.05) is 25.7 Å². The van der Waals surface area contributed by atoms with Crippen LogP contribution in [0.1, 0.15) is 24.5 Å². The Morgan fingerprint density at radius 3 is 2.62 bits per heavy atom. The second-order valence-corrected chi connectivity index (χ2v) is 5.99. The normalized spacial score (nSPS) is 17.1. The summed E-state index contributed by atoms with van der Waals surface area (Å²) in [4.78, 5) is 11.4. The van der Waals surface area contributed by atoms with Gasteiger partial charge in [-0.05, 0) is 42.0 Å². The van der Waals surface area contributed by atoms with Crippen molar-refractivity contribution in [2.45, 2.75) is 25.0 Å². The molecule has 1 heterocycles. The van der Waals surface area contributed by atoms with Crippen LogP contribution in [-0.4, -0.2) is 42.9 Å². The summed E-state index contributed by atoms with van der Waals surface area (Å²) in [5.74, 6) is 2.61. The molecule has 1 saturated heterocycles. The van der Waals surface area contributed by atoms with Crippen molar-refractivity contribution >= 4 is 17.7 Å². The minimum atomic E-state index is -1.31. The minimum Gasteiger partial charge on any atom is -0.493 e. The number of aliphatic hydroxyl groups is 1. The van der Waals surface area contributed by atoms with Gasteiger partial charge in [-0.25, -0.2) is 4.79 Å². The molecule has 0 bridgehead atoms. The number of carbonyl (C=O) groups excluding carboxylic acids is 1. The molecule has 0 spiro atoms. The van der Waals surface area contributed by atoms with Gasteiger partial charge in [-0.1, -0.05) is 6.07 Å². The Kier molecular flexibility index (Phi) is 5.76. The predicted octanol–water partition coefficient (Wildman–Crippen LogP) is 2.18. The molecule has 1 aromatic rings. The van der Waals surface area contributed by atoms with E-state index in [1.807, 2.05) is 11.8 Å². The van der Waals surface area contributed by atoms with E-state index in [0.717, 1.165) is 24.3 Å². The molecule has 1 atom stereocenters. The van der Waals surface area contributed by atoms with Gasteiger partial charge >= 0.3 is 5.97 Å². The standard InChI is InChI=1S/C15H20O5S/c1-18-12-4-3-10(14(16)15(17)19-2)9-13(12)20-11-5-7-21-8-6-11/h3-4,9,11,14,16H,5-8H2,1-2H3. The van der Waals surface area contributed by atoms with Gasteiger partial charge in [0.1, 0.15) is 6.10 Å². The second kappa shape index (κ2) is 7.56. The number of hydrogen-bond donors (Lipinski definition) is 1. The molecule has 116 valence electrons. The first-order valence-electron chi connectivity index (χ1n) is 6.84. The van der Waals surface area contributed by atoms with Gasteiger partial charge in [0.2, 0.25) is 0 Å². The highest BCUT2D eigenvalue weighted by molar-refractivity contribution is 7.99.